The van der Waals surface area contributed by atoms with Crippen molar-refractivity contribution in [2.75, 3.05) is 0 Å². The molecule has 1 aromatic heterocycles. The maximum atomic E-state index is 12.9. The monoisotopic (exact) mass is 440 g/mol. The molecule has 3 rings (SSSR count). The number of nitrogens with zero attached hydrogens (tertiary/aromatic N) is 2. The summed E-state index contributed by atoms with van der Waals surface area (Å²) >= 11 is 9.37. The summed E-state index contributed by atoms with van der Waals surface area (Å²) in [6.45, 7) is 1.75. The molecule has 0 saturated heterocycles. The van der Waals surface area contributed by atoms with Crippen LogP contribution >= 0.6 is 27.5 Å². The zero-order valence-corrected chi connectivity index (χ0v) is 16.2. The first-order chi connectivity index (χ1) is 11.9. The van der Waals surface area contributed by atoms with Crippen molar-refractivity contribution in [3.05, 3.63) is 75.2 Å². The Balaban J connectivity index is 2.03. The van der Waals surface area contributed by atoms with Crippen molar-refractivity contribution in [2.24, 2.45) is 0 Å². The molecule has 130 valence electrons. The van der Waals surface area contributed by atoms with Gasteiger partial charge in [0, 0.05) is 4.47 Å². The lowest BCUT2D eigenvalue weighted by Gasteiger charge is -2.17. The fraction of sp³-hybridized carbons (Fsp3) is 0.125. The van der Waals surface area contributed by atoms with Crippen LogP contribution in [0.2, 0.25) is 5.02 Å². The van der Waals surface area contributed by atoms with E-state index in [1.165, 1.54) is 12.1 Å². The van der Waals surface area contributed by atoms with E-state index in [-0.39, 0.29) is 9.92 Å². The number of halogens is 2. The van der Waals surface area contributed by atoms with Crippen LogP contribution in [0.4, 0.5) is 0 Å². The van der Waals surface area contributed by atoms with Crippen molar-refractivity contribution in [1.82, 2.24) is 19.9 Å². The van der Waals surface area contributed by atoms with Crippen LogP contribution in [0.3, 0.4) is 0 Å². The van der Waals surface area contributed by atoms with Gasteiger partial charge in [-0.15, -0.1) is 0 Å². The van der Waals surface area contributed by atoms with Gasteiger partial charge in [-0.05, 0) is 30.7 Å². The van der Waals surface area contributed by atoms with Gasteiger partial charge in [-0.3, -0.25) is 5.10 Å². The summed E-state index contributed by atoms with van der Waals surface area (Å²) in [4.78, 5) is 4.26. The molecule has 0 spiro atoms. The predicted molar refractivity (Wildman–Crippen MR) is 98.9 cm³/mol. The van der Waals surface area contributed by atoms with Crippen LogP contribution in [0.5, 0.6) is 0 Å². The van der Waals surface area contributed by atoms with Crippen LogP contribution in [-0.4, -0.2) is 23.6 Å². The topological polar surface area (TPSA) is 87.7 Å². The predicted octanol–water partition coefficient (Wildman–Crippen LogP) is 3.60. The van der Waals surface area contributed by atoms with Crippen molar-refractivity contribution in [2.45, 2.75) is 17.9 Å². The summed E-state index contributed by atoms with van der Waals surface area (Å²) in [6, 6.07) is 13.0. The molecule has 0 bridgehead atoms. The maximum absolute atomic E-state index is 12.9. The largest absolute Gasteiger partial charge is 0.263 e. The Morgan fingerprint density at radius 2 is 1.92 bits per heavy atom. The number of hydrogen-bond donors (Lipinski definition) is 2. The second kappa shape index (κ2) is 7.25. The maximum Gasteiger partial charge on any atom is 0.243 e. The molecule has 1 atom stereocenters. The third kappa shape index (κ3) is 4.09. The van der Waals surface area contributed by atoms with Crippen LogP contribution in [0.1, 0.15) is 23.3 Å². The molecule has 0 aliphatic rings. The van der Waals surface area contributed by atoms with Crippen LogP contribution in [0, 0.1) is 6.92 Å². The molecule has 0 saturated carbocycles. The van der Waals surface area contributed by atoms with Crippen molar-refractivity contribution in [3.8, 4) is 0 Å². The Morgan fingerprint density at radius 1 is 1.20 bits per heavy atom. The third-order valence-corrected chi connectivity index (χ3v) is 5.86. The molecule has 9 heteroatoms. The van der Waals surface area contributed by atoms with Gasteiger partial charge in [0.2, 0.25) is 10.0 Å². The molecule has 3 aromatic rings. The van der Waals surface area contributed by atoms with Crippen LogP contribution in [0.15, 0.2) is 57.9 Å². The highest BCUT2D eigenvalue weighted by molar-refractivity contribution is 9.10. The van der Waals surface area contributed by atoms with E-state index in [1.807, 2.05) is 30.3 Å². The summed E-state index contributed by atoms with van der Waals surface area (Å²) in [7, 11) is -3.89. The highest BCUT2D eigenvalue weighted by Crippen LogP contribution is 2.28. The Bertz CT molecular complexity index is 992. The summed E-state index contributed by atoms with van der Waals surface area (Å²) in [5, 5.41) is 6.96. The number of benzene rings is 2. The van der Waals surface area contributed by atoms with Crippen LogP contribution in [-0.2, 0) is 10.0 Å². The van der Waals surface area contributed by atoms with Crippen molar-refractivity contribution >= 4 is 37.6 Å². The smallest absolute Gasteiger partial charge is 0.243 e. The minimum Gasteiger partial charge on any atom is -0.263 e. The SMILES string of the molecule is Cc1nc(C(NS(=O)(=O)c2ccc(Br)cc2Cl)c2ccccc2)n[nH]1. The fourth-order valence-corrected chi connectivity index (χ4v) is 4.54. The molecule has 0 aliphatic carbocycles. The molecule has 0 fully saturated rings. The quantitative estimate of drug-likeness (QED) is 0.633. The summed E-state index contributed by atoms with van der Waals surface area (Å²) in [5.41, 5.74) is 0.721. The second-order valence-electron chi connectivity index (χ2n) is 5.32. The minimum atomic E-state index is -3.89. The lowest BCUT2D eigenvalue weighted by molar-refractivity contribution is 0.567. The van der Waals surface area contributed by atoms with E-state index in [2.05, 4.69) is 35.8 Å². The molecule has 0 amide bonds. The van der Waals surface area contributed by atoms with Crippen LogP contribution in [0.25, 0.3) is 0 Å². The standard InChI is InChI=1S/C16H14BrClN4O2S/c1-10-19-16(21-20-10)15(11-5-3-2-4-6-11)22-25(23,24)14-8-7-12(17)9-13(14)18/h2-9,15,22H,1H3,(H,19,20,21). The molecule has 2 aromatic carbocycles. The molecular weight excluding hydrogens is 428 g/mol. The van der Waals surface area contributed by atoms with Crippen molar-refractivity contribution in [3.63, 3.8) is 0 Å². The van der Waals surface area contributed by atoms with Crippen molar-refractivity contribution < 1.29 is 8.42 Å². The number of aromatic nitrogens is 3. The molecule has 1 heterocycles. The molecule has 25 heavy (non-hydrogen) atoms. The van der Waals surface area contributed by atoms with Gasteiger partial charge < -0.3 is 0 Å². The number of nitrogens with one attached hydrogen (secondary N) is 2. The van der Waals surface area contributed by atoms with Gasteiger partial charge in [0.25, 0.3) is 0 Å². The van der Waals surface area contributed by atoms with E-state index < -0.39 is 16.1 Å². The molecular formula is C16H14BrClN4O2S. The normalized spacial score (nSPS) is 12.9. The average Bonchev–Trinajstić information content (AvgIpc) is 2.99. The molecule has 0 radical (unpaired) electrons. The van der Waals surface area contributed by atoms with E-state index in [0.29, 0.717) is 16.1 Å². The van der Waals surface area contributed by atoms with E-state index in [1.54, 1.807) is 13.0 Å². The number of hydrogen-bond acceptors (Lipinski definition) is 4. The van der Waals surface area contributed by atoms with Gasteiger partial charge in [0.05, 0.1) is 5.02 Å². The molecule has 1 unspecified atom stereocenters. The van der Waals surface area contributed by atoms with Gasteiger partial charge in [-0.2, -0.15) is 9.82 Å². The Hall–Kier alpha value is -1.74. The van der Waals surface area contributed by atoms with E-state index in [0.717, 1.165) is 5.56 Å². The number of aromatic amines is 1. The first kappa shape index (κ1) is 18.1. The summed E-state index contributed by atoms with van der Waals surface area (Å²) < 4.78 is 29.0. The highest BCUT2D eigenvalue weighted by atomic mass is 79.9. The minimum absolute atomic E-state index is 0.00874. The number of aryl methyl sites for hydroxylation is 1. The molecule has 6 nitrogen and oxygen atoms in total. The van der Waals surface area contributed by atoms with E-state index in [9.17, 15) is 8.42 Å². The van der Waals surface area contributed by atoms with Gasteiger partial charge in [0.1, 0.15) is 16.8 Å². The first-order valence-corrected chi connectivity index (χ1v) is 9.93. The Labute approximate surface area is 158 Å². The highest BCUT2D eigenvalue weighted by Gasteiger charge is 2.27. The van der Waals surface area contributed by atoms with E-state index in [4.69, 9.17) is 11.6 Å². The Kier molecular flexibility index (Phi) is 5.24. The van der Waals surface area contributed by atoms with Gasteiger partial charge in [-0.25, -0.2) is 13.4 Å². The number of H-pyrrole nitrogens is 1. The van der Waals surface area contributed by atoms with Gasteiger partial charge in [0.15, 0.2) is 5.82 Å². The fourth-order valence-electron chi connectivity index (χ4n) is 2.32. The Morgan fingerprint density at radius 3 is 2.52 bits per heavy atom. The molecule has 0 aliphatic heterocycles. The second-order valence-corrected chi connectivity index (χ2v) is 8.32. The first-order valence-electron chi connectivity index (χ1n) is 7.28. The van der Waals surface area contributed by atoms with Gasteiger partial charge in [-0.1, -0.05) is 57.9 Å². The lowest BCUT2D eigenvalue weighted by Crippen LogP contribution is -2.30. The zero-order chi connectivity index (χ0) is 18.0. The average molecular weight is 442 g/mol. The number of sulfonamides is 1. The summed E-state index contributed by atoms with van der Waals surface area (Å²) in [6.07, 6.45) is 0. The zero-order valence-electron chi connectivity index (χ0n) is 13.1. The number of rotatable bonds is 5. The summed E-state index contributed by atoms with van der Waals surface area (Å²) in [5.74, 6) is 0.928. The van der Waals surface area contributed by atoms with Crippen molar-refractivity contribution in [1.29, 1.82) is 0 Å². The third-order valence-electron chi connectivity index (χ3n) is 3.46. The van der Waals surface area contributed by atoms with Gasteiger partial charge >= 0.3 is 0 Å². The lowest BCUT2D eigenvalue weighted by atomic mass is 10.1. The van der Waals surface area contributed by atoms with Crippen LogP contribution < -0.4 is 4.72 Å². The van der Waals surface area contributed by atoms with E-state index >= 15 is 0 Å². The molecule has 2 N–H and O–H groups in total.